The molecule has 45 heavy (non-hydrogen) atoms. The quantitative estimate of drug-likeness (QED) is 0.327. The van der Waals surface area contributed by atoms with Crippen LogP contribution in [0, 0.1) is 0 Å². The SMILES string of the molecule is Cn1nc2c3c1CCC(C3)NC(=O)CN(CCc1ccccc1)C(=O)CCCN(C(=O)c1cccc3cc[nH]c13)CCNC2=O. The van der Waals surface area contributed by atoms with Crippen LogP contribution in [0.5, 0.6) is 0 Å². The first-order valence-corrected chi connectivity index (χ1v) is 15.7. The van der Waals surface area contributed by atoms with Gasteiger partial charge in [0.15, 0.2) is 5.69 Å². The van der Waals surface area contributed by atoms with Gasteiger partial charge in [-0.15, -0.1) is 0 Å². The Bertz CT molecular complexity index is 1710. The number of aromatic nitrogens is 3. The highest BCUT2D eigenvalue weighted by Gasteiger charge is 2.30. The first kappa shape index (κ1) is 30.1. The standard InChI is InChI=1S/C34H39N7O4/c1-39-28-13-12-25-21-27(28)32(38-39)33(44)36-17-20-40(34(45)26-10-5-9-24-14-16-35-31(24)26)18-6-11-30(43)41(22-29(42)37-25)19-15-23-7-3-2-4-8-23/h2-5,7-10,14,16,25,35H,6,11-13,15,17-22H2,1H3,(H,36,44)(H,37,42). The molecule has 6 rings (SSSR count). The Labute approximate surface area is 262 Å². The summed E-state index contributed by atoms with van der Waals surface area (Å²) in [4.78, 5) is 60.5. The van der Waals surface area contributed by atoms with Gasteiger partial charge in [0, 0.05) is 68.5 Å². The van der Waals surface area contributed by atoms with Crippen molar-refractivity contribution in [3.63, 3.8) is 0 Å². The normalized spacial score (nSPS) is 18.4. The maximum atomic E-state index is 13.8. The lowest BCUT2D eigenvalue weighted by atomic mass is 9.91. The number of aryl methyl sites for hydroxylation is 1. The molecule has 1 unspecified atom stereocenters. The summed E-state index contributed by atoms with van der Waals surface area (Å²) in [6.07, 6.45) is 4.93. The van der Waals surface area contributed by atoms with Gasteiger partial charge in [-0.3, -0.25) is 23.9 Å². The van der Waals surface area contributed by atoms with E-state index in [4.69, 9.17) is 0 Å². The topological polar surface area (TPSA) is 132 Å². The Morgan fingerprint density at radius 1 is 1.00 bits per heavy atom. The Morgan fingerprint density at radius 2 is 1.84 bits per heavy atom. The fourth-order valence-electron chi connectivity index (χ4n) is 6.46. The fraction of sp³-hybridized carbons (Fsp3) is 0.382. The van der Waals surface area contributed by atoms with Crippen molar-refractivity contribution < 1.29 is 19.2 Å². The Morgan fingerprint density at radius 3 is 2.69 bits per heavy atom. The average Bonchev–Trinajstić information content (AvgIpc) is 3.66. The molecule has 3 N–H and O–H groups in total. The molecule has 4 amide bonds. The number of carbonyl (C=O) groups is 4. The fourth-order valence-corrected chi connectivity index (χ4v) is 6.46. The summed E-state index contributed by atoms with van der Waals surface area (Å²) in [5.41, 5.74) is 4.54. The maximum Gasteiger partial charge on any atom is 0.272 e. The molecule has 1 atom stereocenters. The summed E-state index contributed by atoms with van der Waals surface area (Å²) in [5, 5.41) is 11.5. The Kier molecular flexibility index (Phi) is 8.95. The van der Waals surface area contributed by atoms with E-state index in [1.54, 1.807) is 26.7 Å². The van der Waals surface area contributed by atoms with Crippen LogP contribution in [0.4, 0.5) is 0 Å². The van der Waals surface area contributed by atoms with Gasteiger partial charge in [0.2, 0.25) is 11.8 Å². The van der Waals surface area contributed by atoms with Gasteiger partial charge in [-0.25, -0.2) is 0 Å². The minimum Gasteiger partial charge on any atom is -0.361 e. The number of amides is 4. The highest BCUT2D eigenvalue weighted by molar-refractivity contribution is 6.05. The second-order valence-electron chi connectivity index (χ2n) is 11.9. The molecule has 0 saturated carbocycles. The van der Waals surface area contributed by atoms with Gasteiger partial charge >= 0.3 is 0 Å². The number of aromatic amines is 1. The number of hydrogen-bond donors (Lipinski definition) is 3. The molecule has 0 saturated heterocycles. The third-order valence-corrected chi connectivity index (χ3v) is 8.83. The highest BCUT2D eigenvalue weighted by Crippen LogP contribution is 2.25. The van der Waals surface area contributed by atoms with Crippen LogP contribution in [-0.2, 0) is 35.9 Å². The van der Waals surface area contributed by atoms with E-state index >= 15 is 0 Å². The average molecular weight is 610 g/mol. The van der Waals surface area contributed by atoms with Gasteiger partial charge in [-0.2, -0.15) is 5.10 Å². The van der Waals surface area contributed by atoms with Crippen molar-refractivity contribution in [3.8, 4) is 0 Å². The van der Waals surface area contributed by atoms with Crippen molar-refractivity contribution in [3.05, 3.63) is 88.9 Å². The summed E-state index contributed by atoms with van der Waals surface area (Å²) in [6.45, 7) is 1.18. The number of rotatable bonds is 4. The van der Waals surface area contributed by atoms with E-state index in [9.17, 15) is 19.2 Å². The van der Waals surface area contributed by atoms with Crippen molar-refractivity contribution >= 4 is 34.5 Å². The number of nitrogens with one attached hydrogen (secondary N) is 3. The van der Waals surface area contributed by atoms with Crippen molar-refractivity contribution in [2.75, 3.05) is 32.7 Å². The van der Waals surface area contributed by atoms with Gasteiger partial charge in [0.1, 0.15) is 0 Å². The molecule has 2 bridgehead atoms. The number of benzene rings is 2. The van der Waals surface area contributed by atoms with E-state index in [1.807, 2.05) is 55.6 Å². The van der Waals surface area contributed by atoms with Crippen LogP contribution in [0.2, 0.25) is 0 Å². The van der Waals surface area contributed by atoms with Gasteiger partial charge in [-0.05, 0) is 49.8 Å². The molecule has 2 aliphatic rings. The number of carbonyl (C=O) groups excluding carboxylic acids is 4. The van der Waals surface area contributed by atoms with Crippen LogP contribution in [0.3, 0.4) is 0 Å². The number of fused-ring (bicyclic) bond motifs is 2. The zero-order chi connectivity index (χ0) is 31.3. The van der Waals surface area contributed by atoms with Gasteiger partial charge in [0.25, 0.3) is 11.8 Å². The first-order valence-electron chi connectivity index (χ1n) is 15.7. The van der Waals surface area contributed by atoms with E-state index in [1.165, 1.54) is 0 Å². The highest BCUT2D eigenvalue weighted by atomic mass is 16.2. The molecule has 2 aromatic heterocycles. The van der Waals surface area contributed by atoms with Crippen LogP contribution in [0.25, 0.3) is 10.9 Å². The van der Waals surface area contributed by atoms with Gasteiger partial charge in [-0.1, -0.05) is 42.5 Å². The second kappa shape index (κ2) is 13.4. The zero-order valence-corrected chi connectivity index (χ0v) is 25.6. The van der Waals surface area contributed by atoms with E-state index in [0.29, 0.717) is 50.0 Å². The summed E-state index contributed by atoms with van der Waals surface area (Å²) >= 11 is 0. The summed E-state index contributed by atoms with van der Waals surface area (Å²) in [5.74, 6) is -0.830. The molecule has 3 heterocycles. The molecule has 1 aliphatic carbocycles. The van der Waals surface area contributed by atoms with Crippen LogP contribution in [0.1, 0.15) is 56.9 Å². The Hall–Kier alpha value is -4.93. The van der Waals surface area contributed by atoms with Crippen molar-refractivity contribution in [1.29, 1.82) is 0 Å². The molecule has 0 spiro atoms. The lowest BCUT2D eigenvalue weighted by Gasteiger charge is -2.27. The molecule has 2 aromatic carbocycles. The molecule has 11 heteroatoms. The minimum absolute atomic E-state index is 0.0487. The van der Waals surface area contributed by atoms with Crippen molar-refractivity contribution in [2.24, 2.45) is 7.05 Å². The van der Waals surface area contributed by atoms with E-state index < -0.39 is 0 Å². The van der Waals surface area contributed by atoms with Crippen LogP contribution >= 0.6 is 0 Å². The maximum absolute atomic E-state index is 13.8. The van der Waals surface area contributed by atoms with Crippen LogP contribution in [0.15, 0.2) is 60.8 Å². The van der Waals surface area contributed by atoms with Crippen LogP contribution < -0.4 is 10.6 Å². The minimum atomic E-state index is -0.302. The second-order valence-corrected chi connectivity index (χ2v) is 11.9. The lowest BCUT2D eigenvalue weighted by molar-refractivity contribution is -0.136. The van der Waals surface area contributed by atoms with E-state index in [-0.39, 0.29) is 55.7 Å². The summed E-state index contributed by atoms with van der Waals surface area (Å²) < 4.78 is 1.75. The molecule has 0 fully saturated rings. The van der Waals surface area contributed by atoms with Crippen LogP contribution in [-0.4, -0.2) is 87.0 Å². The van der Waals surface area contributed by atoms with E-state index in [0.717, 1.165) is 34.1 Å². The largest absolute Gasteiger partial charge is 0.361 e. The first-order chi connectivity index (χ1) is 21.9. The zero-order valence-electron chi connectivity index (χ0n) is 25.6. The summed E-state index contributed by atoms with van der Waals surface area (Å²) in [7, 11) is 1.83. The smallest absolute Gasteiger partial charge is 0.272 e. The molecular weight excluding hydrogens is 570 g/mol. The van der Waals surface area contributed by atoms with Crippen molar-refractivity contribution in [1.82, 2.24) is 35.2 Å². The summed E-state index contributed by atoms with van der Waals surface area (Å²) in [6, 6.07) is 17.2. The van der Waals surface area contributed by atoms with Gasteiger partial charge in [0.05, 0.1) is 17.6 Å². The number of H-pyrrole nitrogens is 1. The molecular formula is C34H39N7O4. The predicted octanol–water partition coefficient (Wildman–Crippen LogP) is 2.61. The molecule has 1 aliphatic heterocycles. The van der Waals surface area contributed by atoms with E-state index in [2.05, 4.69) is 20.7 Å². The molecule has 234 valence electrons. The molecule has 4 aromatic rings. The molecule has 11 nitrogen and oxygen atoms in total. The monoisotopic (exact) mass is 609 g/mol. The third kappa shape index (κ3) is 6.77. The number of para-hydroxylation sites is 1. The predicted molar refractivity (Wildman–Crippen MR) is 170 cm³/mol. The van der Waals surface area contributed by atoms with Crippen molar-refractivity contribution in [2.45, 2.75) is 44.6 Å². The Balaban J connectivity index is 1.26. The third-order valence-electron chi connectivity index (χ3n) is 8.83. The number of hydrogen-bond acceptors (Lipinski definition) is 5. The van der Waals surface area contributed by atoms with Gasteiger partial charge < -0.3 is 25.4 Å². The molecule has 0 radical (unpaired) electrons. The number of nitrogens with zero attached hydrogens (tertiary/aromatic N) is 4. The lowest BCUT2D eigenvalue weighted by Crippen LogP contribution is -2.46.